The van der Waals surface area contributed by atoms with Gasteiger partial charge in [-0.3, -0.25) is 9.20 Å². The molecule has 31 heavy (non-hydrogen) atoms. The van der Waals surface area contributed by atoms with Crippen LogP contribution in [0, 0.1) is 19.7 Å². The number of halogens is 1. The number of anilines is 1. The number of rotatable bonds is 4. The number of imidazole rings is 1. The first-order valence-electron chi connectivity index (χ1n) is 9.66. The molecule has 0 spiro atoms. The molecule has 0 saturated heterocycles. The van der Waals surface area contributed by atoms with E-state index >= 15 is 0 Å². The molecule has 3 aromatic heterocycles. The zero-order valence-corrected chi connectivity index (χ0v) is 17.7. The molecular formula is C23H18FN5OS. The molecule has 3 heterocycles. The Labute approximate surface area is 181 Å². The van der Waals surface area contributed by atoms with E-state index in [0.29, 0.717) is 17.1 Å². The van der Waals surface area contributed by atoms with Gasteiger partial charge in [0, 0.05) is 17.1 Å². The number of carbonyl (C=O) groups is 1. The number of nitrogens with zero attached hydrogens (tertiary/aromatic N) is 4. The Balaban J connectivity index is 1.52. The van der Waals surface area contributed by atoms with E-state index in [1.165, 1.54) is 23.5 Å². The van der Waals surface area contributed by atoms with E-state index in [9.17, 15) is 9.18 Å². The number of hydrogen-bond donors (Lipinski definition) is 1. The van der Waals surface area contributed by atoms with Crippen molar-refractivity contribution in [2.45, 2.75) is 13.8 Å². The van der Waals surface area contributed by atoms with E-state index in [4.69, 9.17) is 0 Å². The molecule has 2 aromatic carbocycles. The molecule has 5 aromatic rings. The Bertz CT molecular complexity index is 1410. The Kier molecular flexibility index (Phi) is 4.63. The summed E-state index contributed by atoms with van der Waals surface area (Å²) in [4.78, 5) is 18.6. The standard InChI is InChI=1S/C23H18FN5OS/c1-14-4-3-5-18(12-14)29-15(2)19(13-25-29)22(30)27-21-20(16-6-8-17(24)9-7-16)26-23-28(21)10-11-31-23/h3-13H,1-2H3,(H,27,30). The fourth-order valence-corrected chi connectivity index (χ4v) is 4.26. The van der Waals surface area contributed by atoms with Crippen molar-refractivity contribution in [2.75, 3.05) is 5.32 Å². The van der Waals surface area contributed by atoms with Crippen molar-refractivity contribution in [3.8, 4) is 16.9 Å². The fourth-order valence-electron chi connectivity index (χ4n) is 3.54. The maximum absolute atomic E-state index is 13.4. The highest BCUT2D eigenvalue weighted by Gasteiger charge is 2.21. The largest absolute Gasteiger partial charge is 0.306 e. The molecule has 6 nitrogen and oxygen atoms in total. The molecule has 0 radical (unpaired) electrons. The molecule has 5 rings (SSSR count). The van der Waals surface area contributed by atoms with Crippen molar-refractivity contribution in [2.24, 2.45) is 0 Å². The second-order valence-electron chi connectivity index (χ2n) is 7.22. The highest BCUT2D eigenvalue weighted by Crippen LogP contribution is 2.31. The van der Waals surface area contributed by atoms with Crippen molar-refractivity contribution < 1.29 is 9.18 Å². The number of fused-ring (bicyclic) bond motifs is 1. The summed E-state index contributed by atoms with van der Waals surface area (Å²) in [5, 5.41) is 9.30. The van der Waals surface area contributed by atoms with Crippen LogP contribution in [0.3, 0.4) is 0 Å². The first kappa shape index (κ1) is 19.2. The zero-order chi connectivity index (χ0) is 21.5. The Morgan fingerprint density at radius 3 is 2.71 bits per heavy atom. The van der Waals surface area contributed by atoms with Crippen molar-refractivity contribution in [3.63, 3.8) is 0 Å². The predicted octanol–water partition coefficient (Wildman–Crippen LogP) is 5.26. The van der Waals surface area contributed by atoms with Gasteiger partial charge in [-0.1, -0.05) is 12.1 Å². The Hall–Kier alpha value is -3.78. The Morgan fingerprint density at radius 2 is 1.94 bits per heavy atom. The zero-order valence-electron chi connectivity index (χ0n) is 16.8. The first-order valence-corrected chi connectivity index (χ1v) is 10.5. The lowest BCUT2D eigenvalue weighted by Gasteiger charge is -2.08. The number of benzene rings is 2. The van der Waals surface area contributed by atoms with Gasteiger partial charge in [-0.2, -0.15) is 5.10 Å². The SMILES string of the molecule is Cc1cccc(-n2ncc(C(=O)Nc3c(-c4ccc(F)cc4)nc4sccn34)c2C)c1. The van der Waals surface area contributed by atoms with Crippen LogP contribution in [0.25, 0.3) is 21.9 Å². The number of aryl methyl sites for hydroxylation is 1. The van der Waals surface area contributed by atoms with Gasteiger partial charge in [0.25, 0.3) is 5.91 Å². The minimum atomic E-state index is -0.324. The number of amides is 1. The van der Waals surface area contributed by atoms with Crippen molar-refractivity contribution in [1.29, 1.82) is 0 Å². The summed E-state index contributed by atoms with van der Waals surface area (Å²) in [6, 6.07) is 14.0. The number of aromatic nitrogens is 4. The smallest absolute Gasteiger partial charge is 0.260 e. The van der Waals surface area contributed by atoms with Crippen molar-refractivity contribution in [1.82, 2.24) is 19.2 Å². The molecular weight excluding hydrogens is 413 g/mol. The molecule has 1 amide bonds. The molecule has 0 aliphatic heterocycles. The highest BCUT2D eigenvalue weighted by atomic mass is 32.1. The quantitative estimate of drug-likeness (QED) is 0.422. The molecule has 8 heteroatoms. The molecule has 0 aliphatic carbocycles. The first-order chi connectivity index (χ1) is 15.0. The molecule has 0 saturated carbocycles. The maximum atomic E-state index is 13.4. The lowest BCUT2D eigenvalue weighted by molar-refractivity contribution is 0.102. The third-order valence-corrected chi connectivity index (χ3v) is 5.87. The van der Waals surface area contributed by atoms with E-state index in [-0.39, 0.29) is 11.7 Å². The summed E-state index contributed by atoms with van der Waals surface area (Å²) in [5.74, 6) is -0.0714. The fraction of sp³-hybridized carbons (Fsp3) is 0.0870. The third kappa shape index (κ3) is 3.40. The van der Waals surface area contributed by atoms with Crippen LogP contribution in [0.15, 0.2) is 66.3 Å². The van der Waals surface area contributed by atoms with Gasteiger partial charge in [0.05, 0.1) is 23.1 Å². The second-order valence-corrected chi connectivity index (χ2v) is 8.09. The van der Waals surface area contributed by atoms with E-state index < -0.39 is 0 Å². The minimum absolute atomic E-state index is 0.284. The minimum Gasteiger partial charge on any atom is -0.306 e. The van der Waals surface area contributed by atoms with Gasteiger partial charge in [-0.25, -0.2) is 14.1 Å². The van der Waals surface area contributed by atoms with Gasteiger partial charge >= 0.3 is 0 Å². The van der Waals surface area contributed by atoms with Crippen LogP contribution < -0.4 is 5.32 Å². The second kappa shape index (κ2) is 7.48. The topological polar surface area (TPSA) is 64.2 Å². The van der Waals surface area contributed by atoms with Crippen LogP contribution in [-0.2, 0) is 0 Å². The van der Waals surface area contributed by atoms with E-state index in [1.807, 2.05) is 54.1 Å². The Morgan fingerprint density at radius 1 is 1.13 bits per heavy atom. The van der Waals surface area contributed by atoms with Crippen molar-refractivity contribution >= 4 is 28.0 Å². The molecule has 0 bridgehead atoms. The van der Waals surface area contributed by atoms with Crippen LogP contribution in [-0.4, -0.2) is 25.1 Å². The number of thiazole rings is 1. The van der Waals surface area contributed by atoms with Gasteiger partial charge in [-0.05, 0) is 55.8 Å². The lowest BCUT2D eigenvalue weighted by Crippen LogP contribution is -2.15. The normalized spacial score (nSPS) is 11.2. The van der Waals surface area contributed by atoms with Crippen LogP contribution in [0.1, 0.15) is 21.6 Å². The lowest BCUT2D eigenvalue weighted by atomic mass is 10.1. The van der Waals surface area contributed by atoms with E-state index in [2.05, 4.69) is 15.4 Å². The van der Waals surface area contributed by atoms with Gasteiger partial charge in [0.1, 0.15) is 17.3 Å². The van der Waals surface area contributed by atoms with Crippen LogP contribution >= 0.6 is 11.3 Å². The summed E-state index contributed by atoms with van der Waals surface area (Å²) in [7, 11) is 0. The van der Waals surface area contributed by atoms with Gasteiger partial charge in [0.2, 0.25) is 0 Å². The monoisotopic (exact) mass is 431 g/mol. The third-order valence-electron chi connectivity index (χ3n) is 5.11. The summed E-state index contributed by atoms with van der Waals surface area (Å²) in [6.45, 7) is 3.88. The van der Waals surface area contributed by atoms with Crippen LogP contribution in [0.2, 0.25) is 0 Å². The number of nitrogens with one attached hydrogen (secondary N) is 1. The predicted molar refractivity (Wildman–Crippen MR) is 119 cm³/mol. The average molecular weight is 431 g/mol. The van der Waals surface area contributed by atoms with Gasteiger partial charge in [0.15, 0.2) is 4.96 Å². The molecule has 154 valence electrons. The summed E-state index contributed by atoms with van der Waals surface area (Å²) in [5.41, 5.74) is 4.52. The average Bonchev–Trinajstić information content (AvgIpc) is 3.44. The number of hydrogen-bond acceptors (Lipinski definition) is 4. The van der Waals surface area contributed by atoms with E-state index in [1.54, 1.807) is 23.0 Å². The molecule has 0 unspecified atom stereocenters. The molecule has 1 N–H and O–H groups in total. The highest BCUT2D eigenvalue weighted by molar-refractivity contribution is 7.15. The van der Waals surface area contributed by atoms with Crippen LogP contribution in [0.5, 0.6) is 0 Å². The summed E-state index contributed by atoms with van der Waals surface area (Å²) in [6.07, 6.45) is 3.41. The molecule has 0 atom stereocenters. The maximum Gasteiger partial charge on any atom is 0.260 e. The van der Waals surface area contributed by atoms with E-state index in [0.717, 1.165) is 27.5 Å². The van der Waals surface area contributed by atoms with Crippen molar-refractivity contribution in [3.05, 3.63) is 88.9 Å². The summed E-state index contributed by atoms with van der Waals surface area (Å²) >= 11 is 1.46. The van der Waals surface area contributed by atoms with Gasteiger partial charge in [-0.15, -0.1) is 11.3 Å². The molecule has 0 aliphatic rings. The van der Waals surface area contributed by atoms with Gasteiger partial charge < -0.3 is 5.32 Å². The van der Waals surface area contributed by atoms with Crippen LogP contribution in [0.4, 0.5) is 10.2 Å². The number of carbonyl (C=O) groups excluding carboxylic acids is 1. The summed E-state index contributed by atoms with van der Waals surface area (Å²) < 4.78 is 17.0. The molecule has 0 fully saturated rings.